The molecule has 0 radical (unpaired) electrons. The van der Waals surface area contributed by atoms with Gasteiger partial charge < -0.3 is 14.7 Å². The molecule has 0 spiro atoms. The molecule has 1 N–H and O–H groups in total. The van der Waals surface area contributed by atoms with Gasteiger partial charge in [-0.25, -0.2) is 4.79 Å². The maximum absolute atomic E-state index is 12.0. The number of carbonyl (C=O) groups excluding carboxylic acids is 1. The van der Waals surface area contributed by atoms with Crippen molar-refractivity contribution in [2.75, 3.05) is 6.61 Å². The van der Waals surface area contributed by atoms with Crippen LogP contribution < -0.4 is 4.74 Å². The van der Waals surface area contributed by atoms with Crippen LogP contribution in [-0.4, -0.2) is 23.5 Å². The predicted molar refractivity (Wildman–Crippen MR) is 107 cm³/mol. The molecule has 7 heteroatoms. The number of ether oxygens (including phenoxy) is 2. The van der Waals surface area contributed by atoms with E-state index in [0.29, 0.717) is 18.8 Å². The first kappa shape index (κ1) is 20.5. The van der Waals surface area contributed by atoms with Gasteiger partial charge in [-0.05, 0) is 68.5 Å². The molecule has 2 aromatic rings. The van der Waals surface area contributed by atoms with Crippen molar-refractivity contribution >= 4 is 43.5 Å². The van der Waals surface area contributed by atoms with Gasteiger partial charge in [-0.2, -0.15) is 0 Å². The lowest BCUT2D eigenvalue weighted by atomic mass is 10.2. The van der Waals surface area contributed by atoms with E-state index < -0.39 is 5.97 Å². The highest BCUT2D eigenvalue weighted by Crippen LogP contribution is 2.34. The number of oxime groups is 1. The van der Waals surface area contributed by atoms with E-state index in [1.54, 1.807) is 0 Å². The fourth-order valence-corrected chi connectivity index (χ4v) is 3.88. The van der Waals surface area contributed by atoms with E-state index >= 15 is 0 Å². The van der Waals surface area contributed by atoms with Crippen LogP contribution in [0.3, 0.4) is 0 Å². The second-order valence-corrected chi connectivity index (χ2v) is 7.33. The van der Waals surface area contributed by atoms with Crippen LogP contribution in [0.15, 0.2) is 56.6 Å². The van der Waals surface area contributed by atoms with E-state index in [-0.39, 0.29) is 18.7 Å². The fourth-order valence-electron chi connectivity index (χ4n) is 2.24. The van der Waals surface area contributed by atoms with Crippen LogP contribution >= 0.6 is 31.9 Å². The SMILES string of the molecule is Cc1cc(Br)c(OCCCC(=NO)C(=O)OCc2ccccc2)c(Br)c1. The number of halogens is 2. The largest absolute Gasteiger partial charge is 0.491 e. The van der Waals surface area contributed by atoms with Crippen LogP contribution in [0.25, 0.3) is 0 Å². The Bertz CT molecular complexity index is 755. The average molecular weight is 485 g/mol. The van der Waals surface area contributed by atoms with Crippen LogP contribution in [-0.2, 0) is 16.1 Å². The number of benzene rings is 2. The lowest BCUT2D eigenvalue weighted by Gasteiger charge is -2.11. The molecule has 2 aromatic carbocycles. The molecule has 0 unspecified atom stereocenters. The summed E-state index contributed by atoms with van der Waals surface area (Å²) in [5, 5.41) is 12.1. The first-order chi connectivity index (χ1) is 12.5. The molecule has 0 saturated carbocycles. The molecule has 0 saturated heterocycles. The molecule has 0 fully saturated rings. The van der Waals surface area contributed by atoms with Gasteiger partial charge in [-0.15, -0.1) is 0 Å². The third-order valence-electron chi connectivity index (χ3n) is 3.52. The van der Waals surface area contributed by atoms with Crippen molar-refractivity contribution < 1.29 is 19.5 Å². The highest BCUT2D eigenvalue weighted by atomic mass is 79.9. The van der Waals surface area contributed by atoms with Crippen molar-refractivity contribution in [3.63, 3.8) is 0 Å². The van der Waals surface area contributed by atoms with E-state index in [1.165, 1.54) is 0 Å². The Morgan fingerprint density at radius 1 is 1.15 bits per heavy atom. The van der Waals surface area contributed by atoms with Gasteiger partial charge in [-0.3, -0.25) is 0 Å². The molecule has 138 valence electrons. The molecule has 0 heterocycles. The van der Waals surface area contributed by atoms with E-state index in [9.17, 15) is 4.79 Å². The highest BCUT2D eigenvalue weighted by Gasteiger charge is 2.15. The molecule has 0 atom stereocenters. The second-order valence-electron chi connectivity index (χ2n) is 5.62. The van der Waals surface area contributed by atoms with Crippen LogP contribution in [0, 0.1) is 6.92 Å². The zero-order valence-corrected chi connectivity index (χ0v) is 17.4. The van der Waals surface area contributed by atoms with Gasteiger partial charge >= 0.3 is 5.97 Å². The van der Waals surface area contributed by atoms with Crippen molar-refractivity contribution in [1.29, 1.82) is 0 Å². The van der Waals surface area contributed by atoms with E-state index in [0.717, 1.165) is 20.1 Å². The normalized spacial score (nSPS) is 11.3. The van der Waals surface area contributed by atoms with Crippen LogP contribution in [0.2, 0.25) is 0 Å². The lowest BCUT2D eigenvalue weighted by molar-refractivity contribution is -0.137. The third kappa shape index (κ3) is 6.14. The van der Waals surface area contributed by atoms with E-state index in [4.69, 9.17) is 14.7 Å². The van der Waals surface area contributed by atoms with E-state index in [1.807, 2.05) is 49.4 Å². The van der Waals surface area contributed by atoms with Gasteiger partial charge in [0.05, 0.1) is 15.6 Å². The summed E-state index contributed by atoms with van der Waals surface area (Å²) in [5.41, 5.74) is 1.95. The minimum atomic E-state index is -0.631. The Balaban J connectivity index is 1.79. The zero-order valence-electron chi connectivity index (χ0n) is 14.2. The molecule has 5 nitrogen and oxygen atoms in total. The number of hydrogen-bond acceptors (Lipinski definition) is 5. The van der Waals surface area contributed by atoms with Crippen molar-refractivity contribution in [2.24, 2.45) is 5.16 Å². The number of esters is 1. The summed E-state index contributed by atoms with van der Waals surface area (Å²) in [6.45, 7) is 2.49. The smallest absolute Gasteiger partial charge is 0.356 e. The summed E-state index contributed by atoms with van der Waals surface area (Å²) in [6.07, 6.45) is 0.762. The van der Waals surface area contributed by atoms with Gasteiger partial charge in [-0.1, -0.05) is 35.5 Å². The minimum Gasteiger partial charge on any atom is -0.491 e. The maximum atomic E-state index is 12.0. The lowest BCUT2D eigenvalue weighted by Crippen LogP contribution is -2.18. The summed E-state index contributed by atoms with van der Waals surface area (Å²) >= 11 is 6.93. The van der Waals surface area contributed by atoms with Crippen molar-refractivity contribution in [2.45, 2.75) is 26.4 Å². The average Bonchev–Trinajstić information content (AvgIpc) is 2.62. The van der Waals surface area contributed by atoms with Crippen molar-refractivity contribution in [3.05, 3.63) is 62.5 Å². The summed E-state index contributed by atoms with van der Waals surface area (Å²) in [5.74, 6) is 0.0683. The molecule has 26 heavy (non-hydrogen) atoms. The second kappa shape index (κ2) is 10.3. The topological polar surface area (TPSA) is 68.1 Å². The molecule has 2 rings (SSSR count). The third-order valence-corrected chi connectivity index (χ3v) is 4.69. The quantitative estimate of drug-likeness (QED) is 0.182. The summed E-state index contributed by atoms with van der Waals surface area (Å²) < 4.78 is 12.6. The molecule has 0 aromatic heterocycles. The zero-order chi connectivity index (χ0) is 18.9. The minimum absolute atomic E-state index is 0.0217. The van der Waals surface area contributed by atoms with Crippen LogP contribution in [0.4, 0.5) is 0 Å². The summed E-state index contributed by atoms with van der Waals surface area (Å²) in [4.78, 5) is 12.0. The van der Waals surface area contributed by atoms with E-state index in [2.05, 4.69) is 37.0 Å². The Kier molecular flexibility index (Phi) is 8.12. The van der Waals surface area contributed by atoms with Gasteiger partial charge in [0.25, 0.3) is 0 Å². The molecular weight excluding hydrogens is 466 g/mol. The first-order valence-corrected chi connectivity index (χ1v) is 9.60. The van der Waals surface area contributed by atoms with Crippen molar-refractivity contribution in [1.82, 2.24) is 0 Å². The molecule has 0 amide bonds. The Morgan fingerprint density at radius 3 is 2.42 bits per heavy atom. The monoisotopic (exact) mass is 483 g/mol. The number of hydrogen-bond donors (Lipinski definition) is 1. The van der Waals surface area contributed by atoms with Crippen LogP contribution in [0.1, 0.15) is 24.0 Å². The highest BCUT2D eigenvalue weighted by molar-refractivity contribution is 9.11. The number of carbonyl (C=O) groups is 1. The Labute approximate surface area is 169 Å². The predicted octanol–water partition coefficient (Wildman–Crippen LogP) is 5.25. The molecule has 0 bridgehead atoms. The Hall–Kier alpha value is -1.86. The van der Waals surface area contributed by atoms with Crippen molar-refractivity contribution in [3.8, 4) is 5.75 Å². The number of nitrogens with zero attached hydrogens (tertiary/aromatic N) is 1. The molecule has 0 aliphatic carbocycles. The summed E-state index contributed by atoms with van der Waals surface area (Å²) in [6, 6.07) is 13.2. The molecular formula is C19H19Br2NO4. The standard InChI is InChI=1S/C19H19Br2NO4/c1-13-10-15(20)18(16(21)11-13)25-9-5-8-17(22-24)19(23)26-12-14-6-3-2-4-7-14/h2-4,6-7,10-11,24H,5,8-9,12H2,1H3. The summed E-state index contributed by atoms with van der Waals surface area (Å²) in [7, 11) is 0. The number of rotatable bonds is 8. The molecule has 0 aliphatic rings. The van der Waals surface area contributed by atoms with Crippen LogP contribution in [0.5, 0.6) is 5.75 Å². The van der Waals surface area contributed by atoms with Gasteiger partial charge in [0, 0.05) is 6.42 Å². The molecule has 0 aliphatic heterocycles. The number of aryl methyl sites for hydroxylation is 1. The van der Waals surface area contributed by atoms with Gasteiger partial charge in [0.1, 0.15) is 12.4 Å². The van der Waals surface area contributed by atoms with Gasteiger partial charge in [0.15, 0.2) is 5.71 Å². The Morgan fingerprint density at radius 2 is 1.81 bits per heavy atom. The maximum Gasteiger partial charge on any atom is 0.356 e. The van der Waals surface area contributed by atoms with Gasteiger partial charge in [0.2, 0.25) is 0 Å². The fraction of sp³-hybridized carbons (Fsp3) is 0.263. The first-order valence-electron chi connectivity index (χ1n) is 8.01.